The fourth-order valence-corrected chi connectivity index (χ4v) is 4.69. The van der Waals surface area contributed by atoms with Gasteiger partial charge >= 0.3 is 12.1 Å². The molecule has 0 spiro atoms. The van der Waals surface area contributed by atoms with Crippen molar-refractivity contribution in [3.63, 3.8) is 0 Å². The van der Waals surface area contributed by atoms with Crippen molar-refractivity contribution in [1.82, 2.24) is 5.32 Å². The predicted molar refractivity (Wildman–Crippen MR) is 136 cm³/mol. The second-order valence-electron chi connectivity index (χ2n) is 9.21. The number of aromatic hydroxyl groups is 1. The van der Waals surface area contributed by atoms with E-state index in [4.69, 9.17) is 4.74 Å². The van der Waals surface area contributed by atoms with Crippen molar-refractivity contribution in [3.8, 4) is 22.6 Å². The van der Waals surface area contributed by atoms with Crippen LogP contribution in [-0.2, 0) is 16.0 Å². The Morgan fingerprint density at radius 2 is 1.27 bits per heavy atom. The van der Waals surface area contributed by atoms with E-state index in [0.717, 1.165) is 22.3 Å². The molecule has 1 atom stereocenters. The molecule has 4 aromatic rings. The van der Waals surface area contributed by atoms with E-state index in [1.54, 1.807) is 0 Å². The zero-order valence-corrected chi connectivity index (χ0v) is 21.0. The number of phenols is 1. The van der Waals surface area contributed by atoms with E-state index >= 15 is 0 Å². The molecule has 41 heavy (non-hydrogen) atoms. The van der Waals surface area contributed by atoms with Crippen molar-refractivity contribution in [1.29, 1.82) is 0 Å². The number of alkyl carbamates (subject to hydrolysis) is 1. The molecule has 5 rings (SSSR count). The molecule has 0 bridgehead atoms. The van der Waals surface area contributed by atoms with Crippen LogP contribution in [-0.4, -0.2) is 29.8 Å². The number of fused-ring (bicyclic) bond motifs is 3. The summed E-state index contributed by atoms with van der Waals surface area (Å²) in [6.07, 6.45) is -1.43. The van der Waals surface area contributed by atoms with Crippen LogP contribution in [0.3, 0.4) is 0 Å². The third kappa shape index (κ3) is 5.43. The summed E-state index contributed by atoms with van der Waals surface area (Å²) in [5.41, 5.74) is 4.17. The number of amides is 1. The standard InChI is InChI=1S/C30H20F5NO5/c31-23-24(32)26(34)28(27(35)25(23)33)41-29(38)22(13-15-9-11-16(37)12-10-15)36-30(39)40-14-21-19-7-3-1-5-17(19)18-6-2-4-8-20(18)21/h1-12,21-22,37H,13-14H2,(H,36,39)/t22-/m0/s1. The van der Waals surface area contributed by atoms with E-state index in [0.29, 0.717) is 5.56 Å². The van der Waals surface area contributed by atoms with Gasteiger partial charge in [-0.25, -0.2) is 22.8 Å². The highest BCUT2D eigenvalue weighted by atomic mass is 19.2. The molecule has 210 valence electrons. The molecule has 0 unspecified atom stereocenters. The molecule has 2 N–H and O–H groups in total. The van der Waals surface area contributed by atoms with Gasteiger partial charge < -0.3 is 19.9 Å². The van der Waals surface area contributed by atoms with Gasteiger partial charge in [0.15, 0.2) is 0 Å². The molecule has 0 radical (unpaired) electrons. The van der Waals surface area contributed by atoms with Crippen molar-refractivity contribution >= 4 is 12.1 Å². The van der Waals surface area contributed by atoms with Crippen molar-refractivity contribution in [2.45, 2.75) is 18.4 Å². The fraction of sp³-hybridized carbons (Fsp3) is 0.133. The first-order valence-corrected chi connectivity index (χ1v) is 12.3. The number of hydrogen-bond donors (Lipinski definition) is 2. The summed E-state index contributed by atoms with van der Waals surface area (Å²) in [5, 5.41) is 11.8. The van der Waals surface area contributed by atoms with Gasteiger partial charge in [0.25, 0.3) is 0 Å². The Labute approximate surface area is 230 Å². The van der Waals surface area contributed by atoms with Crippen LogP contribution in [0, 0.1) is 29.1 Å². The van der Waals surface area contributed by atoms with Crippen LogP contribution in [0.4, 0.5) is 26.7 Å². The number of nitrogens with one attached hydrogen (secondary N) is 1. The largest absolute Gasteiger partial charge is 0.508 e. The molecule has 11 heteroatoms. The van der Waals surface area contributed by atoms with Gasteiger partial charge in [-0.3, -0.25) is 0 Å². The Morgan fingerprint density at radius 3 is 1.83 bits per heavy atom. The average Bonchev–Trinajstić information content (AvgIpc) is 3.30. The van der Waals surface area contributed by atoms with Crippen molar-refractivity contribution in [3.05, 3.63) is 119 Å². The first-order chi connectivity index (χ1) is 19.7. The summed E-state index contributed by atoms with van der Waals surface area (Å²) in [7, 11) is 0. The number of carbonyl (C=O) groups is 2. The maximum Gasteiger partial charge on any atom is 0.407 e. The highest BCUT2D eigenvalue weighted by Crippen LogP contribution is 2.44. The van der Waals surface area contributed by atoms with Gasteiger partial charge in [-0.15, -0.1) is 0 Å². The number of rotatable bonds is 7. The molecule has 0 saturated carbocycles. The summed E-state index contributed by atoms with van der Waals surface area (Å²) >= 11 is 0. The summed E-state index contributed by atoms with van der Waals surface area (Å²) in [6, 6.07) is 18.8. The van der Waals surface area contributed by atoms with E-state index in [1.165, 1.54) is 24.3 Å². The number of phenolic OH excluding ortho intramolecular Hbond substituents is 1. The van der Waals surface area contributed by atoms with Gasteiger partial charge in [0.05, 0.1) is 0 Å². The van der Waals surface area contributed by atoms with Gasteiger partial charge in [-0.2, -0.15) is 8.78 Å². The molecule has 6 nitrogen and oxygen atoms in total. The van der Waals surface area contributed by atoms with Crippen LogP contribution in [0.2, 0.25) is 0 Å². The van der Waals surface area contributed by atoms with Crippen LogP contribution in [0.25, 0.3) is 11.1 Å². The maximum atomic E-state index is 14.2. The molecule has 0 saturated heterocycles. The minimum absolute atomic E-state index is 0.0984. The third-order valence-corrected chi connectivity index (χ3v) is 6.67. The lowest BCUT2D eigenvalue weighted by molar-refractivity contribution is -0.137. The summed E-state index contributed by atoms with van der Waals surface area (Å²) < 4.78 is 79.0. The quantitative estimate of drug-likeness (QED) is 0.0918. The Hall–Kier alpha value is -4.93. The van der Waals surface area contributed by atoms with Crippen molar-refractivity contribution in [2.75, 3.05) is 6.61 Å². The smallest absolute Gasteiger partial charge is 0.407 e. The molecular weight excluding hydrogens is 549 g/mol. The number of halogens is 5. The lowest BCUT2D eigenvalue weighted by Gasteiger charge is -2.20. The highest BCUT2D eigenvalue weighted by molar-refractivity contribution is 5.84. The summed E-state index contributed by atoms with van der Waals surface area (Å²) in [5.74, 6) is -15.5. The molecule has 0 heterocycles. The number of esters is 1. The topological polar surface area (TPSA) is 84.9 Å². The molecule has 1 aliphatic carbocycles. The van der Waals surface area contributed by atoms with Crippen molar-refractivity contribution < 1.29 is 46.1 Å². The van der Waals surface area contributed by atoms with Crippen LogP contribution in [0.1, 0.15) is 22.6 Å². The third-order valence-electron chi connectivity index (χ3n) is 6.67. The van der Waals surface area contributed by atoms with Gasteiger partial charge in [0.2, 0.25) is 34.8 Å². The first-order valence-electron chi connectivity index (χ1n) is 12.3. The van der Waals surface area contributed by atoms with Crippen LogP contribution in [0.5, 0.6) is 11.5 Å². The molecule has 1 aliphatic rings. The fourth-order valence-electron chi connectivity index (χ4n) is 4.69. The lowest BCUT2D eigenvalue weighted by Crippen LogP contribution is -2.45. The van der Waals surface area contributed by atoms with E-state index in [9.17, 15) is 36.6 Å². The van der Waals surface area contributed by atoms with Crippen LogP contribution < -0.4 is 10.1 Å². The van der Waals surface area contributed by atoms with E-state index in [2.05, 4.69) is 10.1 Å². The second-order valence-corrected chi connectivity index (χ2v) is 9.21. The predicted octanol–water partition coefficient (Wildman–Crippen LogP) is 6.14. The molecule has 1 amide bonds. The number of carbonyl (C=O) groups excluding carboxylic acids is 2. The Morgan fingerprint density at radius 1 is 0.756 bits per heavy atom. The number of hydrogen-bond acceptors (Lipinski definition) is 5. The Kier molecular flexibility index (Phi) is 7.60. The monoisotopic (exact) mass is 569 g/mol. The number of benzene rings is 4. The normalized spacial score (nSPS) is 12.8. The van der Waals surface area contributed by atoms with E-state index in [-0.39, 0.29) is 24.7 Å². The molecule has 0 fully saturated rings. The molecule has 4 aromatic carbocycles. The van der Waals surface area contributed by atoms with E-state index in [1.807, 2.05) is 48.5 Å². The van der Waals surface area contributed by atoms with Gasteiger partial charge in [0.1, 0.15) is 18.4 Å². The summed E-state index contributed by atoms with van der Waals surface area (Å²) in [6.45, 7) is -0.127. The Balaban J connectivity index is 1.35. The Bertz CT molecular complexity index is 1570. The van der Waals surface area contributed by atoms with Crippen LogP contribution >= 0.6 is 0 Å². The van der Waals surface area contributed by atoms with Gasteiger partial charge in [-0.1, -0.05) is 60.7 Å². The minimum Gasteiger partial charge on any atom is -0.508 e. The van der Waals surface area contributed by atoms with Crippen LogP contribution in [0.15, 0.2) is 72.8 Å². The average molecular weight is 569 g/mol. The SMILES string of the molecule is O=C(N[C@@H](Cc1ccc(O)cc1)C(=O)Oc1c(F)c(F)c(F)c(F)c1F)OCC1c2ccccc2-c2ccccc21. The maximum absolute atomic E-state index is 14.2. The molecule has 0 aromatic heterocycles. The minimum atomic E-state index is -2.42. The second kappa shape index (κ2) is 11.3. The molecular formula is C30H20F5NO5. The lowest BCUT2D eigenvalue weighted by atomic mass is 9.98. The van der Waals surface area contributed by atoms with Crippen molar-refractivity contribution in [2.24, 2.45) is 0 Å². The first kappa shape index (κ1) is 27.6. The van der Waals surface area contributed by atoms with E-state index < -0.39 is 52.9 Å². The zero-order chi connectivity index (χ0) is 29.3. The highest BCUT2D eigenvalue weighted by Gasteiger charge is 2.33. The number of ether oxygens (including phenoxy) is 2. The summed E-state index contributed by atoms with van der Waals surface area (Å²) in [4.78, 5) is 25.7. The zero-order valence-electron chi connectivity index (χ0n) is 21.0. The van der Waals surface area contributed by atoms with Gasteiger partial charge in [0, 0.05) is 12.3 Å². The van der Waals surface area contributed by atoms with Gasteiger partial charge in [-0.05, 0) is 39.9 Å². The molecule has 0 aliphatic heterocycles.